The van der Waals surface area contributed by atoms with Crippen LogP contribution in [0, 0.1) is 6.92 Å². The SMILES string of the molecule is Cc1ccccc1C(C)(C)C(/C=C/C=C1/N(C)c2ccccc2C1(C)C)=N/CCCCCC(=O)NCCCN=[N+]=[N-]. The van der Waals surface area contributed by atoms with Gasteiger partial charge in [0.25, 0.3) is 0 Å². The van der Waals surface area contributed by atoms with E-state index in [9.17, 15) is 4.79 Å². The summed E-state index contributed by atoms with van der Waals surface area (Å²) in [5.74, 6) is 0.0498. The van der Waals surface area contributed by atoms with Gasteiger partial charge >= 0.3 is 0 Å². The summed E-state index contributed by atoms with van der Waals surface area (Å²) in [5.41, 5.74) is 15.4. The molecule has 0 spiro atoms. The number of amides is 1. The Labute approximate surface area is 246 Å². The van der Waals surface area contributed by atoms with E-state index in [0.717, 1.165) is 31.5 Å². The van der Waals surface area contributed by atoms with Crippen LogP contribution in [0.3, 0.4) is 0 Å². The normalized spacial score (nSPS) is 15.7. The van der Waals surface area contributed by atoms with Crippen molar-refractivity contribution in [2.45, 2.75) is 77.6 Å². The Morgan fingerprint density at radius 1 is 1.05 bits per heavy atom. The minimum Gasteiger partial charge on any atom is -0.356 e. The van der Waals surface area contributed by atoms with Crippen molar-refractivity contribution < 1.29 is 4.79 Å². The summed E-state index contributed by atoms with van der Waals surface area (Å²) < 4.78 is 0. The number of para-hydroxylation sites is 1. The number of unbranched alkanes of at least 4 members (excludes halogenated alkanes) is 2. The van der Waals surface area contributed by atoms with Gasteiger partial charge in [-0.25, -0.2) is 0 Å². The lowest BCUT2D eigenvalue weighted by Gasteiger charge is -2.28. The van der Waals surface area contributed by atoms with E-state index >= 15 is 0 Å². The Morgan fingerprint density at radius 2 is 1.78 bits per heavy atom. The first-order valence-corrected chi connectivity index (χ1v) is 14.7. The van der Waals surface area contributed by atoms with Gasteiger partial charge in [-0.3, -0.25) is 9.79 Å². The molecule has 1 aliphatic heterocycles. The lowest BCUT2D eigenvalue weighted by atomic mass is 9.77. The van der Waals surface area contributed by atoms with Gasteiger partial charge in [0.05, 0.1) is 0 Å². The highest BCUT2D eigenvalue weighted by molar-refractivity contribution is 6.03. The van der Waals surface area contributed by atoms with Gasteiger partial charge in [-0.05, 0) is 66.6 Å². The number of azide groups is 1. The number of nitrogens with zero attached hydrogens (tertiary/aromatic N) is 5. The fraction of sp³-hybridized carbons (Fsp3) is 0.471. The van der Waals surface area contributed by atoms with Crippen LogP contribution >= 0.6 is 0 Å². The van der Waals surface area contributed by atoms with Crippen LogP contribution in [0.1, 0.15) is 76.5 Å². The number of carbonyl (C=O) groups excluding carboxylic acids is 1. The van der Waals surface area contributed by atoms with Crippen LogP contribution < -0.4 is 10.2 Å². The number of rotatable bonds is 14. The number of hydrogen-bond donors (Lipinski definition) is 1. The zero-order valence-electron chi connectivity index (χ0n) is 25.7. The molecule has 0 unspecified atom stereocenters. The van der Waals surface area contributed by atoms with Crippen molar-refractivity contribution in [3.8, 4) is 0 Å². The molecule has 0 saturated carbocycles. The molecule has 0 atom stereocenters. The van der Waals surface area contributed by atoms with Crippen LogP contribution in [0.5, 0.6) is 0 Å². The number of nitrogens with one attached hydrogen (secondary N) is 1. The predicted octanol–water partition coefficient (Wildman–Crippen LogP) is 7.96. The third kappa shape index (κ3) is 8.11. The number of hydrogen-bond acceptors (Lipinski definition) is 4. The largest absolute Gasteiger partial charge is 0.356 e. The quantitative estimate of drug-likeness (QED) is 0.0843. The maximum Gasteiger partial charge on any atom is 0.219 e. The molecule has 0 aliphatic carbocycles. The molecule has 0 fully saturated rings. The van der Waals surface area contributed by atoms with Gasteiger partial charge in [-0.2, -0.15) is 0 Å². The fourth-order valence-electron chi connectivity index (χ4n) is 5.69. The van der Waals surface area contributed by atoms with Crippen molar-refractivity contribution in [2.75, 3.05) is 31.6 Å². The van der Waals surface area contributed by atoms with Gasteiger partial charge in [0.1, 0.15) is 0 Å². The van der Waals surface area contributed by atoms with Crippen molar-refractivity contribution in [3.63, 3.8) is 0 Å². The van der Waals surface area contributed by atoms with Gasteiger partial charge in [-0.1, -0.05) is 87.8 Å². The summed E-state index contributed by atoms with van der Waals surface area (Å²) in [4.78, 5) is 22.2. The zero-order chi connectivity index (χ0) is 29.9. The minimum atomic E-state index is -0.254. The Hall–Kier alpha value is -3.83. The summed E-state index contributed by atoms with van der Waals surface area (Å²) in [5, 5.41) is 6.37. The first-order valence-electron chi connectivity index (χ1n) is 14.7. The Bertz CT molecular complexity index is 1330. The molecule has 7 heteroatoms. The first kappa shape index (κ1) is 31.7. The standard InChI is InChI=1S/C34H46N6O/c1-26-16-9-10-17-27(26)33(2,3)30(36-23-13-7-8-22-32(41)37-24-15-25-38-39-35)20-14-21-31-34(4,5)28-18-11-12-19-29(28)40(31)6/h9-12,14,16-21H,7-8,13,15,22-25H2,1-6H3,(H,37,41)/b20-14+,31-21+,36-30+. The number of carbonyl (C=O) groups is 1. The number of aryl methyl sites for hydroxylation is 1. The second-order valence-corrected chi connectivity index (χ2v) is 11.8. The number of fused-ring (bicyclic) bond motifs is 1. The highest BCUT2D eigenvalue weighted by atomic mass is 16.1. The zero-order valence-corrected chi connectivity index (χ0v) is 25.7. The summed E-state index contributed by atoms with van der Waals surface area (Å²) in [7, 11) is 2.14. The number of anilines is 1. The molecule has 1 heterocycles. The molecule has 3 rings (SSSR count). The van der Waals surface area contributed by atoms with E-state index in [1.807, 2.05) is 0 Å². The average Bonchev–Trinajstić information content (AvgIpc) is 3.14. The second kappa shape index (κ2) is 14.7. The van der Waals surface area contributed by atoms with E-state index in [4.69, 9.17) is 10.5 Å². The topological polar surface area (TPSA) is 93.5 Å². The number of allylic oxidation sites excluding steroid dienone is 4. The molecule has 218 valence electrons. The molecule has 1 N–H and O–H groups in total. The third-order valence-corrected chi connectivity index (χ3v) is 8.07. The van der Waals surface area contributed by atoms with Gasteiger partial charge in [0, 0.05) is 65.9 Å². The van der Waals surface area contributed by atoms with Gasteiger partial charge in [0.15, 0.2) is 0 Å². The van der Waals surface area contributed by atoms with E-state index in [2.05, 4.69) is 129 Å². The monoisotopic (exact) mass is 554 g/mol. The van der Waals surface area contributed by atoms with Crippen LogP contribution in [0.15, 0.2) is 82.6 Å². The van der Waals surface area contributed by atoms with E-state index in [0.29, 0.717) is 25.9 Å². The molecule has 0 saturated heterocycles. The van der Waals surface area contributed by atoms with Crippen LogP contribution in [-0.4, -0.2) is 38.3 Å². The van der Waals surface area contributed by atoms with Crippen molar-refractivity contribution >= 4 is 17.3 Å². The number of benzene rings is 2. The fourth-order valence-corrected chi connectivity index (χ4v) is 5.69. The van der Waals surface area contributed by atoms with Gasteiger partial charge < -0.3 is 10.2 Å². The molecule has 2 aromatic rings. The van der Waals surface area contributed by atoms with E-state index in [1.54, 1.807) is 0 Å². The molecule has 2 aromatic carbocycles. The number of aliphatic imine (C=N–C) groups is 1. The number of likely N-dealkylation sites (N-methyl/N-ethyl adjacent to an activating group) is 1. The molecular formula is C34H46N6O. The minimum absolute atomic E-state index is 0.0498. The predicted molar refractivity (Wildman–Crippen MR) is 172 cm³/mol. The highest BCUT2D eigenvalue weighted by Crippen LogP contribution is 2.46. The molecule has 0 bridgehead atoms. The average molecular weight is 555 g/mol. The molecule has 0 radical (unpaired) electrons. The van der Waals surface area contributed by atoms with E-state index in [1.165, 1.54) is 28.1 Å². The van der Waals surface area contributed by atoms with Crippen LogP contribution in [0.25, 0.3) is 10.4 Å². The molecule has 1 amide bonds. The Balaban J connectivity index is 1.69. The Morgan fingerprint density at radius 3 is 2.51 bits per heavy atom. The third-order valence-electron chi connectivity index (χ3n) is 8.07. The summed E-state index contributed by atoms with van der Waals surface area (Å²) >= 11 is 0. The maximum absolute atomic E-state index is 12.0. The molecule has 7 nitrogen and oxygen atoms in total. The summed E-state index contributed by atoms with van der Waals surface area (Å²) in [6, 6.07) is 17.2. The maximum atomic E-state index is 12.0. The second-order valence-electron chi connectivity index (χ2n) is 11.8. The summed E-state index contributed by atoms with van der Waals surface area (Å²) in [6.07, 6.45) is 10.4. The first-order chi connectivity index (χ1) is 19.6. The van der Waals surface area contributed by atoms with Crippen molar-refractivity contribution in [1.82, 2.24) is 5.32 Å². The van der Waals surface area contributed by atoms with Crippen molar-refractivity contribution in [3.05, 3.63) is 99.6 Å². The summed E-state index contributed by atoms with van der Waals surface area (Å²) in [6.45, 7) is 12.9. The van der Waals surface area contributed by atoms with Crippen molar-refractivity contribution in [2.24, 2.45) is 10.1 Å². The van der Waals surface area contributed by atoms with E-state index in [-0.39, 0.29) is 16.7 Å². The van der Waals surface area contributed by atoms with Crippen LogP contribution in [0.4, 0.5) is 5.69 Å². The molecular weight excluding hydrogens is 508 g/mol. The van der Waals surface area contributed by atoms with Gasteiger partial charge in [0.2, 0.25) is 5.91 Å². The van der Waals surface area contributed by atoms with Crippen LogP contribution in [-0.2, 0) is 15.6 Å². The molecule has 0 aromatic heterocycles. The molecule has 1 aliphatic rings. The van der Waals surface area contributed by atoms with Gasteiger partial charge in [-0.15, -0.1) is 0 Å². The van der Waals surface area contributed by atoms with E-state index < -0.39 is 0 Å². The lowest BCUT2D eigenvalue weighted by molar-refractivity contribution is -0.121. The Kier molecular flexibility index (Phi) is 11.4. The smallest absolute Gasteiger partial charge is 0.219 e. The lowest BCUT2D eigenvalue weighted by Crippen LogP contribution is -2.29. The van der Waals surface area contributed by atoms with Crippen LogP contribution in [0.2, 0.25) is 0 Å². The highest BCUT2D eigenvalue weighted by Gasteiger charge is 2.37. The molecule has 41 heavy (non-hydrogen) atoms. The van der Waals surface area contributed by atoms with Crippen molar-refractivity contribution in [1.29, 1.82) is 0 Å².